The third-order valence-corrected chi connectivity index (χ3v) is 2.40. The zero-order chi connectivity index (χ0) is 12.7. The van der Waals surface area contributed by atoms with Crippen molar-refractivity contribution < 1.29 is 14.3 Å². The van der Waals surface area contributed by atoms with E-state index in [-0.39, 0.29) is 12.2 Å². The normalized spacial score (nSPS) is 10.8. The summed E-state index contributed by atoms with van der Waals surface area (Å²) in [7, 11) is 0. The molecule has 0 aliphatic rings. The Labute approximate surface area is 103 Å². The van der Waals surface area contributed by atoms with E-state index in [1.54, 1.807) is 0 Å². The standard InChI is InChI=1S/C14H20O3/c1-4-16-14(17-5-2)10-13(15)12-8-6-7-11(3)9-12/h6-9,14H,4-5,10H2,1-3H3. The molecule has 3 nitrogen and oxygen atoms in total. The molecule has 0 fully saturated rings. The lowest BCUT2D eigenvalue weighted by molar-refractivity contribution is -0.133. The molecular weight excluding hydrogens is 216 g/mol. The lowest BCUT2D eigenvalue weighted by atomic mass is 10.1. The number of benzene rings is 1. The summed E-state index contributed by atoms with van der Waals surface area (Å²) in [6.07, 6.45) is -0.163. The number of rotatable bonds is 7. The lowest BCUT2D eigenvalue weighted by Gasteiger charge is -2.16. The molecule has 0 heterocycles. The third kappa shape index (κ3) is 4.67. The van der Waals surface area contributed by atoms with Crippen LogP contribution in [0.5, 0.6) is 0 Å². The van der Waals surface area contributed by atoms with Crippen LogP contribution in [-0.4, -0.2) is 25.3 Å². The summed E-state index contributed by atoms with van der Waals surface area (Å²) in [6, 6.07) is 7.57. The van der Waals surface area contributed by atoms with Crippen molar-refractivity contribution in [1.82, 2.24) is 0 Å². The average molecular weight is 236 g/mol. The number of carbonyl (C=O) groups is 1. The van der Waals surface area contributed by atoms with Crippen molar-refractivity contribution >= 4 is 5.78 Å². The number of ketones is 1. The topological polar surface area (TPSA) is 35.5 Å². The van der Waals surface area contributed by atoms with Gasteiger partial charge in [-0.05, 0) is 26.8 Å². The number of Topliss-reactive ketones (excluding diaryl/α,β-unsaturated/α-hetero) is 1. The van der Waals surface area contributed by atoms with Gasteiger partial charge in [-0.3, -0.25) is 4.79 Å². The first-order valence-corrected chi connectivity index (χ1v) is 6.00. The zero-order valence-electron chi connectivity index (χ0n) is 10.7. The van der Waals surface area contributed by atoms with E-state index in [4.69, 9.17) is 9.47 Å². The number of aryl methyl sites for hydroxylation is 1. The van der Waals surface area contributed by atoms with Gasteiger partial charge in [-0.15, -0.1) is 0 Å². The maximum atomic E-state index is 12.0. The van der Waals surface area contributed by atoms with Crippen LogP contribution in [0.4, 0.5) is 0 Å². The lowest BCUT2D eigenvalue weighted by Crippen LogP contribution is -2.21. The van der Waals surface area contributed by atoms with E-state index in [9.17, 15) is 4.79 Å². The molecule has 0 aliphatic carbocycles. The number of hydrogen-bond donors (Lipinski definition) is 0. The molecule has 0 bridgehead atoms. The van der Waals surface area contributed by atoms with Crippen LogP contribution in [0.3, 0.4) is 0 Å². The van der Waals surface area contributed by atoms with Gasteiger partial charge in [0.15, 0.2) is 12.1 Å². The molecule has 94 valence electrons. The fourth-order valence-electron chi connectivity index (χ4n) is 1.63. The molecule has 1 aromatic carbocycles. The first-order chi connectivity index (χ1) is 8.17. The molecule has 0 N–H and O–H groups in total. The molecule has 3 heteroatoms. The van der Waals surface area contributed by atoms with Gasteiger partial charge < -0.3 is 9.47 Å². The summed E-state index contributed by atoms with van der Waals surface area (Å²) in [5, 5.41) is 0. The highest BCUT2D eigenvalue weighted by molar-refractivity contribution is 5.96. The molecule has 1 rings (SSSR count). The largest absolute Gasteiger partial charge is 0.352 e. The Hall–Kier alpha value is -1.19. The Morgan fingerprint density at radius 1 is 1.24 bits per heavy atom. The van der Waals surface area contributed by atoms with Crippen LogP contribution < -0.4 is 0 Å². The average Bonchev–Trinajstić information content (AvgIpc) is 2.29. The second-order valence-corrected chi connectivity index (χ2v) is 3.84. The molecule has 0 amide bonds. The van der Waals surface area contributed by atoms with Crippen LogP contribution in [0.1, 0.15) is 36.2 Å². The Balaban J connectivity index is 2.63. The van der Waals surface area contributed by atoms with E-state index in [1.807, 2.05) is 45.0 Å². The van der Waals surface area contributed by atoms with Crippen molar-refractivity contribution in [3.05, 3.63) is 35.4 Å². The Bertz CT molecular complexity index is 354. The molecule has 0 saturated heterocycles. The molecule has 0 aliphatic heterocycles. The van der Waals surface area contributed by atoms with E-state index in [1.165, 1.54) is 0 Å². The smallest absolute Gasteiger partial charge is 0.167 e. The van der Waals surface area contributed by atoms with Crippen LogP contribution in [0.2, 0.25) is 0 Å². The highest BCUT2D eigenvalue weighted by Gasteiger charge is 2.15. The Morgan fingerprint density at radius 2 is 1.88 bits per heavy atom. The van der Waals surface area contributed by atoms with Crippen molar-refractivity contribution in [2.24, 2.45) is 0 Å². The first kappa shape index (κ1) is 13.9. The van der Waals surface area contributed by atoms with Crippen LogP contribution in [0.15, 0.2) is 24.3 Å². The van der Waals surface area contributed by atoms with Gasteiger partial charge in [-0.25, -0.2) is 0 Å². The van der Waals surface area contributed by atoms with Crippen LogP contribution in [0.25, 0.3) is 0 Å². The van der Waals surface area contributed by atoms with Gasteiger partial charge in [0.05, 0.1) is 6.42 Å². The minimum Gasteiger partial charge on any atom is -0.352 e. The Kier molecular flexibility index (Phi) is 5.87. The SMILES string of the molecule is CCOC(CC(=O)c1cccc(C)c1)OCC. The molecule has 0 atom stereocenters. The summed E-state index contributed by atoms with van der Waals surface area (Å²) in [5.74, 6) is 0.0561. The third-order valence-electron chi connectivity index (χ3n) is 2.40. The zero-order valence-corrected chi connectivity index (χ0v) is 10.7. The number of hydrogen-bond acceptors (Lipinski definition) is 3. The number of ether oxygens (including phenoxy) is 2. The van der Waals surface area contributed by atoms with E-state index in [2.05, 4.69) is 0 Å². The van der Waals surface area contributed by atoms with Crippen LogP contribution >= 0.6 is 0 Å². The summed E-state index contributed by atoms with van der Waals surface area (Å²) < 4.78 is 10.7. The molecule has 0 unspecified atom stereocenters. The highest BCUT2D eigenvalue weighted by Crippen LogP contribution is 2.11. The van der Waals surface area contributed by atoms with Gasteiger partial charge >= 0.3 is 0 Å². The molecule has 0 radical (unpaired) electrons. The van der Waals surface area contributed by atoms with E-state index >= 15 is 0 Å². The van der Waals surface area contributed by atoms with Gasteiger partial charge in [0.25, 0.3) is 0 Å². The van der Waals surface area contributed by atoms with E-state index < -0.39 is 6.29 Å². The highest BCUT2D eigenvalue weighted by atomic mass is 16.7. The van der Waals surface area contributed by atoms with Crippen LogP contribution in [0, 0.1) is 6.92 Å². The minimum absolute atomic E-state index is 0.0561. The molecule has 1 aromatic rings. The van der Waals surface area contributed by atoms with Gasteiger partial charge in [-0.1, -0.05) is 23.8 Å². The molecule has 0 aromatic heterocycles. The fraction of sp³-hybridized carbons (Fsp3) is 0.500. The van der Waals surface area contributed by atoms with Crippen molar-refractivity contribution in [2.75, 3.05) is 13.2 Å². The minimum atomic E-state index is -0.432. The van der Waals surface area contributed by atoms with Crippen LogP contribution in [-0.2, 0) is 9.47 Å². The summed E-state index contributed by atoms with van der Waals surface area (Å²) >= 11 is 0. The van der Waals surface area contributed by atoms with Crippen molar-refractivity contribution in [2.45, 2.75) is 33.5 Å². The Morgan fingerprint density at radius 3 is 2.41 bits per heavy atom. The van der Waals surface area contributed by atoms with Crippen molar-refractivity contribution in [3.63, 3.8) is 0 Å². The summed E-state index contributed by atoms with van der Waals surface area (Å²) in [4.78, 5) is 12.0. The molecule has 0 spiro atoms. The predicted molar refractivity (Wildman–Crippen MR) is 67.2 cm³/mol. The van der Waals surface area contributed by atoms with Gasteiger partial charge in [-0.2, -0.15) is 0 Å². The summed E-state index contributed by atoms with van der Waals surface area (Å²) in [5.41, 5.74) is 1.80. The van der Waals surface area contributed by atoms with Gasteiger partial charge in [0.2, 0.25) is 0 Å². The van der Waals surface area contributed by atoms with E-state index in [0.29, 0.717) is 13.2 Å². The summed E-state index contributed by atoms with van der Waals surface area (Å²) in [6.45, 7) is 6.85. The van der Waals surface area contributed by atoms with Crippen molar-refractivity contribution in [3.8, 4) is 0 Å². The maximum Gasteiger partial charge on any atom is 0.167 e. The quantitative estimate of drug-likeness (QED) is 0.539. The fourth-order valence-corrected chi connectivity index (χ4v) is 1.63. The molecule has 0 saturated carbocycles. The van der Waals surface area contributed by atoms with E-state index in [0.717, 1.165) is 11.1 Å². The second-order valence-electron chi connectivity index (χ2n) is 3.84. The van der Waals surface area contributed by atoms with Gasteiger partial charge in [0.1, 0.15) is 0 Å². The van der Waals surface area contributed by atoms with Crippen molar-refractivity contribution in [1.29, 1.82) is 0 Å². The van der Waals surface area contributed by atoms with Gasteiger partial charge in [0, 0.05) is 18.8 Å². The number of carbonyl (C=O) groups excluding carboxylic acids is 1. The first-order valence-electron chi connectivity index (χ1n) is 6.00. The monoisotopic (exact) mass is 236 g/mol. The second kappa shape index (κ2) is 7.20. The molecular formula is C14H20O3. The maximum absolute atomic E-state index is 12.0. The molecule has 17 heavy (non-hydrogen) atoms. The predicted octanol–water partition coefficient (Wildman–Crippen LogP) is 2.97.